The van der Waals surface area contributed by atoms with Gasteiger partial charge in [0, 0.05) is 18.7 Å². The van der Waals surface area contributed by atoms with E-state index in [0.29, 0.717) is 5.69 Å². The Morgan fingerprint density at radius 1 is 1.17 bits per heavy atom. The number of rotatable bonds is 4. The highest BCUT2D eigenvalue weighted by Gasteiger charge is 2.46. The lowest BCUT2D eigenvalue weighted by Gasteiger charge is -2.33. The van der Waals surface area contributed by atoms with E-state index in [4.69, 9.17) is 0 Å². The number of benzene rings is 1. The number of fused-ring (bicyclic) bond motifs is 1. The van der Waals surface area contributed by atoms with Crippen LogP contribution in [0, 0.1) is 0 Å². The molecule has 2 aromatic heterocycles. The zero-order valence-electron chi connectivity index (χ0n) is 15.2. The third-order valence-corrected chi connectivity index (χ3v) is 4.78. The van der Waals surface area contributed by atoms with Gasteiger partial charge in [0.15, 0.2) is 11.7 Å². The zero-order valence-corrected chi connectivity index (χ0v) is 15.2. The van der Waals surface area contributed by atoms with Crippen LogP contribution in [0.4, 0.5) is 19.0 Å². The van der Waals surface area contributed by atoms with Gasteiger partial charge in [-0.05, 0) is 17.7 Å². The number of carbonyl (C=O) groups is 1. The molecule has 2 atom stereocenters. The molecule has 0 saturated carbocycles. The van der Waals surface area contributed by atoms with Crippen molar-refractivity contribution in [2.75, 3.05) is 5.32 Å². The van der Waals surface area contributed by atoms with Crippen LogP contribution >= 0.6 is 0 Å². The number of nitrogens with zero attached hydrogens (tertiary/aromatic N) is 3. The highest BCUT2D eigenvalue weighted by molar-refractivity contribution is 5.93. The molecule has 1 aliphatic heterocycles. The van der Waals surface area contributed by atoms with E-state index in [1.165, 1.54) is 6.07 Å². The van der Waals surface area contributed by atoms with Crippen molar-refractivity contribution in [2.24, 2.45) is 0 Å². The minimum absolute atomic E-state index is 0.0774. The molecule has 0 saturated heterocycles. The highest BCUT2D eigenvalue weighted by Crippen LogP contribution is 2.43. The van der Waals surface area contributed by atoms with Gasteiger partial charge in [-0.1, -0.05) is 36.4 Å². The van der Waals surface area contributed by atoms with E-state index in [2.05, 4.69) is 20.7 Å². The van der Waals surface area contributed by atoms with Gasteiger partial charge in [-0.15, -0.1) is 0 Å². The first kappa shape index (κ1) is 19.0. The molecule has 0 aliphatic carbocycles. The predicted octanol–water partition coefficient (Wildman–Crippen LogP) is 3.87. The van der Waals surface area contributed by atoms with Gasteiger partial charge < -0.3 is 10.6 Å². The number of carbonyl (C=O) groups excluding carboxylic acids is 1. The van der Waals surface area contributed by atoms with Gasteiger partial charge in [0.2, 0.25) is 0 Å². The summed E-state index contributed by atoms with van der Waals surface area (Å²) in [5.74, 6) is -0.396. The largest absolute Gasteiger partial charge is 0.410 e. The van der Waals surface area contributed by atoms with Crippen LogP contribution in [-0.2, 0) is 6.54 Å². The first-order chi connectivity index (χ1) is 13.9. The Hall–Kier alpha value is -3.36. The second-order valence-corrected chi connectivity index (χ2v) is 6.76. The van der Waals surface area contributed by atoms with Crippen LogP contribution in [0.25, 0.3) is 0 Å². The van der Waals surface area contributed by atoms with E-state index in [1.807, 2.05) is 6.07 Å². The van der Waals surface area contributed by atoms with Crippen LogP contribution < -0.4 is 10.6 Å². The van der Waals surface area contributed by atoms with Crippen molar-refractivity contribution in [2.45, 2.75) is 31.2 Å². The Labute approximate surface area is 164 Å². The fourth-order valence-electron chi connectivity index (χ4n) is 3.35. The molecule has 0 radical (unpaired) electrons. The van der Waals surface area contributed by atoms with E-state index in [0.717, 1.165) is 10.2 Å². The number of halogens is 3. The Kier molecular flexibility index (Phi) is 4.96. The van der Waals surface area contributed by atoms with E-state index < -0.39 is 24.2 Å². The summed E-state index contributed by atoms with van der Waals surface area (Å²) in [6.45, 7) is 0.157. The van der Waals surface area contributed by atoms with Crippen molar-refractivity contribution in [3.05, 3.63) is 77.7 Å². The first-order valence-corrected chi connectivity index (χ1v) is 9.07. The summed E-state index contributed by atoms with van der Waals surface area (Å²) in [7, 11) is 0. The van der Waals surface area contributed by atoms with Gasteiger partial charge in [-0.2, -0.15) is 18.3 Å². The topological polar surface area (TPSA) is 71.8 Å². The van der Waals surface area contributed by atoms with Crippen molar-refractivity contribution >= 4 is 11.7 Å². The molecule has 0 fully saturated rings. The van der Waals surface area contributed by atoms with Crippen LogP contribution in [-0.4, -0.2) is 26.8 Å². The average Bonchev–Trinajstić information content (AvgIpc) is 3.16. The smallest absolute Gasteiger partial charge is 0.363 e. The summed E-state index contributed by atoms with van der Waals surface area (Å²) < 4.78 is 41.9. The number of hydrogen-bond acceptors (Lipinski definition) is 4. The van der Waals surface area contributed by atoms with Gasteiger partial charge in [0.1, 0.15) is 5.82 Å². The molecule has 3 heterocycles. The number of nitrogens with one attached hydrogen (secondary N) is 2. The fourth-order valence-corrected chi connectivity index (χ4v) is 3.35. The number of aromatic nitrogens is 3. The van der Waals surface area contributed by atoms with Gasteiger partial charge in [-0.25, -0.2) is 4.68 Å². The molecule has 29 heavy (non-hydrogen) atoms. The first-order valence-electron chi connectivity index (χ1n) is 9.07. The van der Waals surface area contributed by atoms with Crippen LogP contribution in [0.3, 0.4) is 0 Å². The Morgan fingerprint density at radius 2 is 1.93 bits per heavy atom. The summed E-state index contributed by atoms with van der Waals surface area (Å²) in [4.78, 5) is 16.5. The lowest BCUT2D eigenvalue weighted by atomic mass is 9.97. The van der Waals surface area contributed by atoms with E-state index in [1.54, 1.807) is 48.7 Å². The molecule has 3 aromatic rings. The maximum atomic E-state index is 13.7. The summed E-state index contributed by atoms with van der Waals surface area (Å²) in [5.41, 5.74) is 1.31. The number of alkyl halides is 3. The van der Waals surface area contributed by atoms with E-state index in [-0.39, 0.29) is 24.5 Å². The van der Waals surface area contributed by atoms with Gasteiger partial charge in [-0.3, -0.25) is 9.78 Å². The van der Waals surface area contributed by atoms with E-state index in [9.17, 15) is 18.0 Å². The van der Waals surface area contributed by atoms with Crippen LogP contribution in [0.1, 0.15) is 40.3 Å². The highest BCUT2D eigenvalue weighted by atomic mass is 19.4. The number of pyridine rings is 1. The Bertz CT molecular complexity index is 988. The Morgan fingerprint density at radius 3 is 2.62 bits per heavy atom. The van der Waals surface area contributed by atoms with Crippen molar-refractivity contribution in [3.8, 4) is 0 Å². The minimum Gasteiger partial charge on any atom is -0.363 e. The molecule has 4 rings (SSSR count). The van der Waals surface area contributed by atoms with Crippen LogP contribution in [0.5, 0.6) is 0 Å². The summed E-state index contributed by atoms with van der Waals surface area (Å²) >= 11 is 0. The molecule has 150 valence electrons. The summed E-state index contributed by atoms with van der Waals surface area (Å²) in [6.07, 6.45) is -3.10. The van der Waals surface area contributed by atoms with E-state index >= 15 is 0 Å². The normalized spacial score (nSPS) is 18.6. The number of anilines is 1. The summed E-state index contributed by atoms with van der Waals surface area (Å²) in [5, 5.41) is 9.65. The maximum absolute atomic E-state index is 13.7. The molecule has 0 spiro atoms. The zero-order chi connectivity index (χ0) is 20.4. The molecular formula is C20H18F3N5O. The van der Waals surface area contributed by atoms with Crippen molar-refractivity contribution in [1.29, 1.82) is 0 Å². The molecular weight excluding hydrogens is 383 g/mol. The minimum atomic E-state index is -4.49. The van der Waals surface area contributed by atoms with Gasteiger partial charge in [0.05, 0.1) is 18.3 Å². The predicted molar refractivity (Wildman–Crippen MR) is 100 cm³/mol. The average molecular weight is 401 g/mol. The third-order valence-electron chi connectivity index (χ3n) is 4.78. The second kappa shape index (κ2) is 7.57. The number of hydrogen-bond donors (Lipinski definition) is 2. The molecule has 1 aliphatic rings. The van der Waals surface area contributed by atoms with Crippen LogP contribution in [0.15, 0.2) is 60.8 Å². The maximum Gasteiger partial charge on any atom is 0.410 e. The standard InChI is InChI=1S/C20H18F3N5O/c21-20(22,23)17-10-15(13-6-2-1-3-7-13)26-18-11-16(27-28(17)18)19(29)25-12-14-8-4-5-9-24-14/h1-9,11,15,17,26H,10,12H2,(H,25,29)/t15-,17+/m0/s1. The molecule has 2 N–H and O–H groups in total. The van der Waals surface area contributed by atoms with Gasteiger partial charge >= 0.3 is 6.18 Å². The molecule has 1 amide bonds. The number of amides is 1. The molecule has 9 heteroatoms. The van der Waals surface area contributed by atoms with Crippen molar-refractivity contribution in [3.63, 3.8) is 0 Å². The van der Waals surface area contributed by atoms with Crippen LogP contribution in [0.2, 0.25) is 0 Å². The lowest BCUT2D eigenvalue weighted by Crippen LogP contribution is -2.35. The molecule has 1 aromatic carbocycles. The molecule has 6 nitrogen and oxygen atoms in total. The SMILES string of the molecule is O=C(NCc1ccccn1)c1cc2n(n1)[C@@H](C(F)(F)F)C[C@@H](c1ccccc1)N2. The monoisotopic (exact) mass is 401 g/mol. The summed E-state index contributed by atoms with van der Waals surface area (Å²) in [6, 6.07) is 13.2. The lowest BCUT2D eigenvalue weighted by molar-refractivity contribution is -0.173. The third kappa shape index (κ3) is 4.08. The van der Waals surface area contributed by atoms with Gasteiger partial charge in [0.25, 0.3) is 5.91 Å². The second-order valence-electron chi connectivity index (χ2n) is 6.76. The molecule has 0 bridgehead atoms. The fraction of sp³-hybridized carbons (Fsp3) is 0.250. The quantitative estimate of drug-likeness (QED) is 0.696. The van der Waals surface area contributed by atoms with Crippen molar-refractivity contribution < 1.29 is 18.0 Å². The Balaban J connectivity index is 1.58. The molecule has 0 unspecified atom stereocenters. The van der Waals surface area contributed by atoms with Crippen molar-refractivity contribution in [1.82, 2.24) is 20.1 Å².